The fraction of sp³-hybridized carbons (Fsp3) is 0.250. The van der Waals surface area contributed by atoms with Crippen molar-refractivity contribution >= 4 is 11.7 Å². The first-order valence-electron chi connectivity index (χ1n) is 4.74. The van der Waals surface area contributed by atoms with E-state index in [4.69, 9.17) is 4.11 Å². The molecule has 0 aliphatic rings. The second kappa shape index (κ2) is 3.71. The van der Waals surface area contributed by atoms with Crippen molar-refractivity contribution < 1.29 is 13.6 Å². The summed E-state index contributed by atoms with van der Waals surface area (Å²) < 4.78 is 25.4. The summed E-state index contributed by atoms with van der Waals surface area (Å²) in [6, 6.07) is 1.37. The molecule has 0 bridgehead atoms. The summed E-state index contributed by atoms with van der Waals surface area (Å²) in [6.07, 6.45) is 2.62. The van der Waals surface area contributed by atoms with Crippen LogP contribution in [0, 0.1) is 0 Å². The van der Waals surface area contributed by atoms with Crippen molar-refractivity contribution in [1.29, 1.82) is 0 Å². The third-order valence-corrected chi connectivity index (χ3v) is 1.30. The molecule has 1 aromatic heterocycles. The van der Waals surface area contributed by atoms with Crippen LogP contribution in [0.3, 0.4) is 0 Å². The number of pyridine rings is 1. The highest BCUT2D eigenvalue weighted by Crippen LogP contribution is 2.07. The second-order valence-corrected chi connectivity index (χ2v) is 2.08. The summed E-state index contributed by atoms with van der Waals surface area (Å²) in [5.74, 6) is -0.559. The van der Waals surface area contributed by atoms with Gasteiger partial charge in [0.05, 0.1) is 18.4 Å². The van der Waals surface area contributed by atoms with Gasteiger partial charge in [-0.1, -0.05) is 0 Å². The second-order valence-electron chi connectivity index (χ2n) is 2.08. The predicted molar refractivity (Wildman–Crippen MR) is 45.1 cm³/mol. The van der Waals surface area contributed by atoms with Gasteiger partial charge in [-0.05, 0) is 6.07 Å². The molecular weight excluding hydrogens is 156 g/mol. The van der Waals surface area contributed by atoms with E-state index in [0.29, 0.717) is 0 Å². The number of hydrogen-bond acceptors (Lipinski definition) is 4. The number of ether oxygens (including phenoxy) is 1. The summed E-state index contributed by atoms with van der Waals surface area (Å²) in [5.41, 5.74) is 0.449. The van der Waals surface area contributed by atoms with Crippen molar-refractivity contribution in [1.82, 2.24) is 4.98 Å². The van der Waals surface area contributed by atoms with E-state index in [9.17, 15) is 4.79 Å². The van der Waals surface area contributed by atoms with Crippen LogP contribution in [0.1, 0.15) is 14.5 Å². The van der Waals surface area contributed by atoms with Gasteiger partial charge in [-0.15, -0.1) is 0 Å². The van der Waals surface area contributed by atoms with Crippen LogP contribution in [0.2, 0.25) is 0 Å². The molecule has 1 rings (SSSR count). The molecule has 12 heavy (non-hydrogen) atoms. The molecule has 0 fully saturated rings. The van der Waals surface area contributed by atoms with Gasteiger partial charge >= 0.3 is 5.97 Å². The molecule has 4 heteroatoms. The summed E-state index contributed by atoms with van der Waals surface area (Å²) >= 11 is 0. The highest BCUT2D eigenvalue weighted by atomic mass is 16.5. The SMILES string of the molecule is [2H]C([2H])([2H])Nc1cncc(C(=O)OC)c1. The minimum Gasteiger partial charge on any atom is -0.465 e. The molecule has 0 atom stereocenters. The highest BCUT2D eigenvalue weighted by Gasteiger charge is 2.04. The molecule has 0 aromatic carbocycles. The zero-order valence-corrected chi connectivity index (χ0v) is 6.50. The average molecular weight is 169 g/mol. The first-order chi connectivity index (χ1) is 6.92. The minimum atomic E-state index is -2.31. The largest absolute Gasteiger partial charge is 0.465 e. The number of anilines is 1. The van der Waals surface area contributed by atoms with Crippen LogP contribution in [0.5, 0.6) is 0 Å². The lowest BCUT2D eigenvalue weighted by Gasteiger charge is -2.01. The van der Waals surface area contributed by atoms with Crippen molar-refractivity contribution in [3.05, 3.63) is 24.0 Å². The third-order valence-electron chi connectivity index (χ3n) is 1.30. The Morgan fingerprint density at radius 3 is 3.25 bits per heavy atom. The van der Waals surface area contributed by atoms with Crippen molar-refractivity contribution in [2.45, 2.75) is 0 Å². The molecule has 0 unspecified atom stereocenters. The number of carbonyl (C=O) groups is 1. The number of esters is 1. The maximum atomic E-state index is 11.1. The Morgan fingerprint density at radius 2 is 2.58 bits per heavy atom. The van der Waals surface area contributed by atoms with E-state index < -0.39 is 12.9 Å². The number of methoxy groups -OCH3 is 1. The van der Waals surface area contributed by atoms with Gasteiger partial charge in [-0.3, -0.25) is 4.98 Å². The van der Waals surface area contributed by atoms with E-state index in [0.717, 1.165) is 0 Å². The Labute approximate surface area is 74.8 Å². The highest BCUT2D eigenvalue weighted by molar-refractivity contribution is 5.89. The molecule has 1 N–H and O–H groups in total. The van der Waals surface area contributed by atoms with E-state index in [1.165, 1.54) is 25.6 Å². The molecule has 1 heterocycles. The van der Waals surface area contributed by atoms with E-state index in [1.54, 1.807) is 0 Å². The first kappa shape index (κ1) is 5.13. The van der Waals surface area contributed by atoms with Gasteiger partial charge in [0.25, 0.3) is 0 Å². The molecular formula is C8H10N2O2. The number of nitrogens with one attached hydrogen (secondary N) is 1. The molecule has 0 radical (unpaired) electrons. The molecule has 0 aliphatic carbocycles. The van der Waals surface area contributed by atoms with Crippen molar-refractivity contribution in [3.63, 3.8) is 0 Å². The normalized spacial score (nSPS) is 13.9. The van der Waals surface area contributed by atoms with E-state index in [-0.39, 0.29) is 11.3 Å². The Morgan fingerprint density at radius 1 is 1.75 bits per heavy atom. The van der Waals surface area contributed by atoms with Crippen molar-refractivity contribution in [2.75, 3.05) is 19.4 Å². The molecule has 0 saturated heterocycles. The van der Waals surface area contributed by atoms with E-state index >= 15 is 0 Å². The molecule has 0 amide bonds. The molecule has 0 saturated carbocycles. The average Bonchev–Trinajstić information content (AvgIpc) is 2.14. The Hall–Kier alpha value is -1.58. The van der Waals surface area contributed by atoms with Crippen molar-refractivity contribution in [3.8, 4) is 0 Å². The predicted octanol–water partition coefficient (Wildman–Crippen LogP) is 0.910. The summed E-state index contributed by atoms with van der Waals surface area (Å²) in [4.78, 5) is 14.8. The van der Waals surface area contributed by atoms with Crippen LogP contribution in [0.15, 0.2) is 18.5 Å². The van der Waals surface area contributed by atoms with E-state index in [1.807, 2.05) is 0 Å². The Bertz CT molecular complexity index is 365. The van der Waals surface area contributed by atoms with Crippen LogP contribution in [0.4, 0.5) is 5.69 Å². The van der Waals surface area contributed by atoms with Gasteiger partial charge in [-0.25, -0.2) is 4.79 Å². The number of rotatable bonds is 2. The molecule has 64 valence electrons. The fourth-order valence-corrected chi connectivity index (χ4v) is 0.738. The monoisotopic (exact) mass is 169 g/mol. The summed E-state index contributed by atoms with van der Waals surface area (Å²) in [6.45, 7) is -2.31. The first-order valence-corrected chi connectivity index (χ1v) is 3.24. The molecule has 4 nitrogen and oxygen atoms in total. The van der Waals surface area contributed by atoms with Gasteiger partial charge in [0.1, 0.15) is 0 Å². The van der Waals surface area contributed by atoms with Gasteiger partial charge in [0.15, 0.2) is 0 Å². The number of nitrogens with zero attached hydrogens (tertiary/aromatic N) is 1. The van der Waals surface area contributed by atoms with Crippen LogP contribution < -0.4 is 5.32 Å². The van der Waals surface area contributed by atoms with Crippen LogP contribution in [-0.4, -0.2) is 25.0 Å². The number of aromatic nitrogens is 1. The lowest BCUT2D eigenvalue weighted by atomic mass is 10.3. The molecule has 1 aromatic rings. The smallest absolute Gasteiger partial charge is 0.339 e. The standard InChI is InChI=1S/C8H10N2O2/c1-9-7-3-6(4-10-5-7)8(11)12-2/h3-5,9H,1-2H3/i1D3. The lowest BCUT2D eigenvalue weighted by molar-refractivity contribution is 0.0600. The van der Waals surface area contributed by atoms with Crippen molar-refractivity contribution in [2.24, 2.45) is 0 Å². The zero-order valence-electron chi connectivity index (χ0n) is 9.50. The van der Waals surface area contributed by atoms with Crippen LogP contribution >= 0.6 is 0 Å². The summed E-state index contributed by atoms with van der Waals surface area (Å²) in [7, 11) is 1.24. The lowest BCUT2D eigenvalue weighted by Crippen LogP contribution is -2.02. The van der Waals surface area contributed by atoms with Gasteiger partial charge < -0.3 is 10.1 Å². The summed E-state index contributed by atoms with van der Waals surface area (Å²) in [5, 5.41) is 2.23. The van der Waals surface area contributed by atoms with Crippen LogP contribution in [-0.2, 0) is 4.74 Å². The maximum absolute atomic E-state index is 11.1. The molecule has 0 spiro atoms. The van der Waals surface area contributed by atoms with E-state index in [2.05, 4.69) is 15.0 Å². The van der Waals surface area contributed by atoms with Gasteiger partial charge in [-0.2, -0.15) is 0 Å². The number of carbonyl (C=O) groups excluding carboxylic acids is 1. The van der Waals surface area contributed by atoms with Crippen LogP contribution in [0.25, 0.3) is 0 Å². The third kappa shape index (κ3) is 1.72. The maximum Gasteiger partial charge on any atom is 0.339 e. The fourth-order valence-electron chi connectivity index (χ4n) is 0.738. The molecule has 0 aliphatic heterocycles. The Balaban J connectivity index is 2.88. The zero-order chi connectivity index (χ0) is 11.5. The van der Waals surface area contributed by atoms with Gasteiger partial charge in [0.2, 0.25) is 0 Å². The Kier molecular flexibility index (Phi) is 1.59. The van der Waals surface area contributed by atoms with Gasteiger partial charge in [0, 0.05) is 23.5 Å². The number of hydrogen-bond donors (Lipinski definition) is 1. The quantitative estimate of drug-likeness (QED) is 0.668. The topological polar surface area (TPSA) is 51.2 Å². The minimum absolute atomic E-state index is 0.201.